The van der Waals surface area contributed by atoms with Crippen LogP contribution in [0.4, 0.5) is 0 Å². The Bertz CT molecular complexity index is 1000. The van der Waals surface area contributed by atoms with Gasteiger partial charge in [-0.05, 0) is 49.8 Å². The van der Waals surface area contributed by atoms with Crippen molar-refractivity contribution in [1.82, 2.24) is 14.4 Å². The Kier molecular flexibility index (Phi) is 5.04. The van der Waals surface area contributed by atoms with Gasteiger partial charge in [0.1, 0.15) is 5.00 Å². The van der Waals surface area contributed by atoms with Gasteiger partial charge in [0.05, 0.1) is 17.1 Å². The number of aryl methyl sites for hydroxylation is 1. The Balaban J connectivity index is 1.36. The minimum atomic E-state index is -2.87. The van der Waals surface area contributed by atoms with E-state index in [0.717, 1.165) is 49.3 Å². The number of hydrogen-bond donors (Lipinski definition) is 0. The lowest BCUT2D eigenvalue weighted by molar-refractivity contribution is 0.0587. The van der Waals surface area contributed by atoms with Gasteiger partial charge in [0, 0.05) is 49.5 Å². The van der Waals surface area contributed by atoms with Crippen LogP contribution in [0.25, 0.3) is 5.00 Å². The minimum absolute atomic E-state index is 0.126. The molecule has 0 spiro atoms. The Morgan fingerprint density at radius 2 is 1.76 bits per heavy atom. The number of aromatic nitrogens is 1. The first-order valence-electron chi connectivity index (χ1n) is 10.5. The number of hydrogen-bond acceptors (Lipinski definition) is 5. The summed E-state index contributed by atoms with van der Waals surface area (Å²) in [6.45, 7) is 2.87. The number of carbonyl (C=O) groups is 1. The quantitative estimate of drug-likeness (QED) is 0.746. The zero-order chi connectivity index (χ0) is 20.0. The first-order valence-corrected chi connectivity index (χ1v) is 13.2. The van der Waals surface area contributed by atoms with Crippen LogP contribution in [0.3, 0.4) is 0 Å². The van der Waals surface area contributed by atoms with Gasteiger partial charge in [-0.2, -0.15) is 0 Å². The highest BCUT2D eigenvalue weighted by Crippen LogP contribution is 2.37. The number of sulfone groups is 1. The number of amides is 1. The van der Waals surface area contributed by atoms with Crippen LogP contribution in [0, 0.1) is 0 Å². The first-order chi connectivity index (χ1) is 14.0. The fourth-order valence-electron chi connectivity index (χ4n) is 4.94. The van der Waals surface area contributed by atoms with E-state index in [-0.39, 0.29) is 17.7 Å². The molecule has 8 heteroatoms. The van der Waals surface area contributed by atoms with E-state index in [2.05, 4.69) is 9.47 Å². The zero-order valence-corrected chi connectivity index (χ0v) is 18.2. The van der Waals surface area contributed by atoms with Crippen LogP contribution < -0.4 is 0 Å². The van der Waals surface area contributed by atoms with Crippen LogP contribution in [-0.2, 0) is 22.7 Å². The van der Waals surface area contributed by atoms with E-state index in [1.54, 1.807) is 11.3 Å². The lowest BCUT2D eigenvalue weighted by atomic mass is 9.95. The highest BCUT2D eigenvalue weighted by molar-refractivity contribution is 7.91. The molecule has 2 fully saturated rings. The minimum Gasteiger partial charge on any atom is -0.336 e. The second kappa shape index (κ2) is 7.56. The van der Waals surface area contributed by atoms with Crippen LogP contribution in [0.1, 0.15) is 40.1 Å². The molecule has 1 amide bonds. The molecule has 1 aliphatic carbocycles. The number of piperazine rings is 1. The summed E-state index contributed by atoms with van der Waals surface area (Å²) in [5.74, 6) is 0.723. The molecule has 0 unspecified atom stereocenters. The van der Waals surface area contributed by atoms with E-state index in [1.165, 1.54) is 16.9 Å². The Morgan fingerprint density at radius 1 is 1.03 bits per heavy atom. The van der Waals surface area contributed by atoms with E-state index in [9.17, 15) is 13.2 Å². The van der Waals surface area contributed by atoms with Crippen molar-refractivity contribution in [2.24, 2.45) is 0 Å². The standard InChI is InChI=1S/C21H27N3O3S2/c25-20(23-12-10-22(11-13-23)16-7-14-29(26,27)15-16)19-17-5-1-2-6-18(17)28-21(19)24-8-3-4-9-24/h3-4,8-9,16H,1-2,5-7,10-15H2/t16-/m1/s1. The molecule has 0 radical (unpaired) electrons. The zero-order valence-electron chi connectivity index (χ0n) is 16.5. The molecule has 2 aromatic rings. The average molecular weight is 434 g/mol. The second-order valence-corrected chi connectivity index (χ2v) is 11.7. The van der Waals surface area contributed by atoms with Gasteiger partial charge in [-0.3, -0.25) is 9.69 Å². The van der Waals surface area contributed by atoms with E-state index >= 15 is 0 Å². The molecule has 2 aliphatic heterocycles. The van der Waals surface area contributed by atoms with Crippen LogP contribution in [-0.4, -0.2) is 72.4 Å². The van der Waals surface area contributed by atoms with Crippen molar-refractivity contribution in [2.75, 3.05) is 37.7 Å². The molecule has 0 N–H and O–H groups in total. The smallest absolute Gasteiger partial charge is 0.257 e. The lowest BCUT2D eigenvalue weighted by Gasteiger charge is -2.37. The average Bonchev–Trinajstić information content (AvgIpc) is 3.45. The molecule has 5 rings (SSSR count). The fraction of sp³-hybridized carbons (Fsp3) is 0.571. The van der Waals surface area contributed by atoms with Gasteiger partial charge in [0.25, 0.3) is 5.91 Å². The fourth-order valence-corrected chi connectivity index (χ4v) is 8.04. The van der Waals surface area contributed by atoms with Crippen molar-refractivity contribution < 1.29 is 13.2 Å². The van der Waals surface area contributed by atoms with Crippen LogP contribution in [0.2, 0.25) is 0 Å². The molecule has 3 aliphatic rings. The van der Waals surface area contributed by atoms with Crippen molar-refractivity contribution >= 4 is 27.1 Å². The topological polar surface area (TPSA) is 62.6 Å². The molecular weight excluding hydrogens is 406 g/mol. The first kappa shape index (κ1) is 19.3. The molecule has 0 bridgehead atoms. The summed E-state index contributed by atoms with van der Waals surface area (Å²) in [7, 11) is -2.87. The van der Waals surface area contributed by atoms with Crippen molar-refractivity contribution in [1.29, 1.82) is 0 Å². The molecule has 29 heavy (non-hydrogen) atoms. The number of carbonyl (C=O) groups excluding carboxylic acids is 1. The largest absolute Gasteiger partial charge is 0.336 e. The normalized spacial score (nSPS) is 24.6. The summed E-state index contributed by atoms with van der Waals surface area (Å²) in [5, 5.41) is 1.05. The monoisotopic (exact) mass is 433 g/mol. The number of nitrogens with zero attached hydrogens (tertiary/aromatic N) is 3. The Morgan fingerprint density at radius 3 is 2.45 bits per heavy atom. The van der Waals surface area contributed by atoms with Crippen LogP contribution in [0.5, 0.6) is 0 Å². The van der Waals surface area contributed by atoms with Gasteiger partial charge >= 0.3 is 0 Å². The van der Waals surface area contributed by atoms with Crippen LogP contribution in [0.15, 0.2) is 24.5 Å². The van der Waals surface area contributed by atoms with Gasteiger partial charge in [-0.15, -0.1) is 11.3 Å². The van der Waals surface area contributed by atoms with Gasteiger partial charge in [0.2, 0.25) is 0 Å². The van der Waals surface area contributed by atoms with Crippen molar-refractivity contribution in [2.45, 2.75) is 38.1 Å². The third-order valence-corrected chi connectivity index (χ3v) is 9.59. The molecule has 4 heterocycles. The lowest BCUT2D eigenvalue weighted by Crippen LogP contribution is -2.52. The van der Waals surface area contributed by atoms with Gasteiger partial charge in [-0.1, -0.05) is 0 Å². The highest BCUT2D eigenvalue weighted by Gasteiger charge is 2.36. The third-order valence-electron chi connectivity index (χ3n) is 6.53. The number of fused-ring (bicyclic) bond motifs is 1. The molecule has 6 nitrogen and oxygen atoms in total. The maximum Gasteiger partial charge on any atom is 0.257 e. The maximum atomic E-state index is 13.6. The van der Waals surface area contributed by atoms with Crippen molar-refractivity contribution in [3.63, 3.8) is 0 Å². The van der Waals surface area contributed by atoms with Crippen LogP contribution >= 0.6 is 11.3 Å². The predicted octanol–water partition coefficient (Wildman–Crippen LogP) is 2.36. The summed E-state index contributed by atoms with van der Waals surface area (Å²) in [6, 6.07) is 4.13. The van der Waals surface area contributed by atoms with Gasteiger partial charge in [-0.25, -0.2) is 8.42 Å². The highest BCUT2D eigenvalue weighted by atomic mass is 32.2. The molecule has 2 saturated heterocycles. The third kappa shape index (κ3) is 3.66. The number of thiophene rings is 1. The van der Waals surface area contributed by atoms with E-state index in [1.807, 2.05) is 29.4 Å². The molecule has 2 aromatic heterocycles. The molecule has 0 aromatic carbocycles. The molecule has 0 saturated carbocycles. The summed E-state index contributed by atoms with van der Waals surface area (Å²) >= 11 is 1.77. The number of rotatable bonds is 3. The molecule has 156 valence electrons. The summed E-state index contributed by atoms with van der Waals surface area (Å²) in [6.07, 6.45) is 9.19. The van der Waals surface area contributed by atoms with Crippen molar-refractivity contribution in [3.8, 4) is 5.00 Å². The van der Waals surface area contributed by atoms with Gasteiger partial charge in [0.15, 0.2) is 9.84 Å². The maximum absolute atomic E-state index is 13.6. The predicted molar refractivity (Wildman–Crippen MR) is 115 cm³/mol. The Labute approximate surface area is 176 Å². The van der Waals surface area contributed by atoms with Crippen molar-refractivity contribution in [3.05, 3.63) is 40.5 Å². The molecule has 1 atom stereocenters. The molecular formula is C21H27N3O3S2. The van der Waals surface area contributed by atoms with E-state index in [0.29, 0.717) is 18.8 Å². The second-order valence-electron chi connectivity index (χ2n) is 8.37. The summed E-state index contributed by atoms with van der Waals surface area (Å²) in [4.78, 5) is 19.2. The van der Waals surface area contributed by atoms with E-state index in [4.69, 9.17) is 0 Å². The SMILES string of the molecule is O=C(c1c(-n2cccc2)sc2c1CCCC2)N1CCN([C@@H]2CCS(=O)(=O)C2)CC1. The Hall–Kier alpha value is -1.64. The summed E-state index contributed by atoms with van der Waals surface area (Å²) < 4.78 is 25.7. The van der Waals surface area contributed by atoms with E-state index < -0.39 is 9.84 Å². The summed E-state index contributed by atoms with van der Waals surface area (Å²) in [5.41, 5.74) is 2.16. The van der Waals surface area contributed by atoms with Gasteiger partial charge < -0.3 is 9.47 Å².